The zero-order valence-electron chi connectivity index (χ0n) is 9.23. The molecule has 0 unspecified atom stereocenters. The van der Waals surface area contributed by atoms with Crippen LogP contribution in [0.5, 0.6) is 0 Å². The normalized spacial score (nSPS) is 10.5. The molecule has 0 aliphatic rings. The van der Waals surface area contributed by atoms with E-state index < -0.39 is 0 Å². The summed E-state index contributed by atoms with van der Waals surface area (Å²) < 4.78 is 4.95. The number of ketones is 1. The zero-order valence-corrected chi connectivity index (χ0v) is 11.6. The van der Waals surface area contributed by atoms with E-state index in [0.717, 1.165) is 15.1 Å². The Kier molecular flexibility index (Phi) is 3.81. The molecule has 1 heterocycles. The largest absolute Gasteiger partial charge is 0.295 e. The lowest BCUT2D eigenvalue weighted by molar-refractivity contribution is 0.101. The first kappa shape index (κ1) is 12.5. The second-order valence-electron chi connectivity index (χ2n) is 3.41. The number of nitrogens with zero attached hydrogens (tertiary/aromatic N) is 2. The molecule has 3 nitrogen and oxygen atoms in total. The van der Waals surface area contributed by atoms with Crippen molar-refractivity contribution in [3.8, 4) is 0 Å². The van der Waals surface area contributed by atoms with Crippen LogP contribution in [0.25, 0.3) is 0 Å². The number of halogens is 1. The Morgan fingerprint density at radius 1 is 1.47 bits per heavy atom. The van der Waals surface area contributed by atoms with Gasteiger partial charge in [0.15, 0.2) is 10.1 Å². The molecule has 0 saturated heterocycles. The van der Waals surface area contributed by atoms with Crippen LogP contribution in [0, 0.1) is 6.92 Å². The number of Topliss-reactive ketones (excluding diaryl/α,β-unsaturated/α-hetero) is 1. The fourth-order valence-corrected chi connectivity index (χ4v) is 3.12. The number of hydrogen-bond donors (Lipinski definition) is 0. The second-order valence-corrected chi connectivity index (χ2v) is 5.86. The van der Waals surface area contributed by atoms with Crippen molar-refractivity contribution in [1.82, 2.24) is 9.36 Å². The highest BCUT2D eigenvalue weighted by molar-refractivity contribution is 8.01. The lowest BCUT2D eigenvalue weighted by Crippen LogP contribution is -1.91. The molecule has 0 atom stereocenters. The number of rotatable bonds is 3. The topological polar surface area (TPSA) is 42.9 Å². The molecule has 0 bridgehead atoms. The second kappa shape index (κ2) is 5.16. The van der Waals surface area contributed by atoms with Crippen molar-refractivity contribution in [2.75, 3.05) is 0 Å². The smallest absolute Gasteiger partial charge is 0.174 e. The van der Waals surface area contributed by atoms with Crippen molar-refractivity contribution in [3.05, 3.63) is 34.6 Å². The van der Waals surface area contributed by atoms with Gasteiger partial charge in [-0.25, -0.2) is 4.98 Å². The Bertz CT molecular complexity index is 568. The van der Waals surface area contributed by atoms with Crippen LogP contribution >= 0.6 is 34.9 Å². The van der Waals surface area contributed by atoms with Crippen LogP contribution in [-0.2, 0) is 0 Å². The molecule has 0 aliphatic heterocycles. The van der Waals surface area contributed by atoms with Crippen molar-refractivity contribution in [2.24, 2.45) is 0 Å². The number of carbonyl (C=O) groups is 1. The molecular weight excluding hydrogens is 276 g/mol. The van der Waals surface area contributed by atoms with Gasteiger partial charge < -0.3 is 0 Å². The van der Waals surface area contributed by atoms with Crippen molar-refractivity contribution in [1.29, 1.82) is 0 Å². The van der Waals surface area contributed by atoms with Gasteiger partial charge in [-0.15, -0.1) is 0 Å². The Balaban J connectivity index is 2.25. The first-order chi connectivity index (χ1) is 8.06. The average molecular weight is 285 g/mol. The van der Waals surface area contributed by atoms with Gasteiger partial charge in [-0.3, -0.25) is 4.79 Å². The predicted molar refractivity (Wildman–Crippen MR) is 70.2 cm³/mol. The van der Waals surface area contributed by atoms with E-state index in [2.05, 4.69) is 9.36 Å². The number of benzene rings is 1. The molecule has 0 radical (unpaired) electrons. The highest BCUT2D eigenvalue weighted by Gasteiger charge is 2.09. The molecule has 6 heteroatoms. The van der Waals surface area contributed by atoms with E-state index in [1.165, 1.54) is 30.2 Å². The van der Waals surface area contributed by atoms with Crippen molar-refractivity contribution in [2.45, 2.75) is 23.1 Å². The fraction of sp³-hybridized carbons (Fsp3) is 0.182. The van der Waals surface area contributed by atoms with Gasteiger partial charge in [-0.2, -0.15) is 4.37 Å². The summed E-state index contributed by atoms with van der Waals surface area (Å²) in [7, 11) is 0. The first-order valence-electron chi connectivity index (χ1n) is 4.85. The van der Waals surface area contributed by atoms with Gasteiger partial charge in [0.2, 0.25) is 0 Å². The highest BCUT2D eigenvalue weighted by atomic mass is 35.5. The lowest BCUT2D eigenvalue weighted by Gasteiger charge is -2.02. The van der Waals surface area contributed by atoms with E-state index in [-0.39, 0.29) is 5.78 Å². The molecule has 0 amide bonds. The van der Waals surface area contributed by atoms with Gasteiger partial charge in [-0.05, 0) is 37.5 Å². The molecule has 0 spiro atoms. The van der Waals surface area contributed by atoms with E-state index in [4.69, 9.17) is 11.6 Å². The standard InChI is InChI=1S/C11H9ClN2OS2/c1-6(15)8-3-4-10(9(12)5-8)16-11-13-7(2)14-17-11/h3-5H,1-2H3. The van der Waals surface area contributed by atoms with Crippen LogP contribution < -0.4 is 0 Å². The average Bonchev–Trinajstić information content (AvgIpc) is 2.67. The lowest BCUT2D eigenvalue weighted by atomic mass is 10.1. The number of aryl methyl sites for hydroxylation is 1. The van der Waals surface area contributed by atoms with Crippen molar-refractivity contribution < 1.29 is 4.79 Å². The molecule has 1 aromatic carbocycles. The molecule has 0 N–H and O–H groups in total. The number of carbonyl (C=O) groups excluding carboxylic acids is 1. The third kappa shape index (κ3) is 3.06. The van der Waals surface area contributed by atoms with Crippen molar-refractivity contribution >= 4 is 40.7 Å². The Hall–Kier alpha value is -0.910. The number of aromatic nitrogens is 2. The van der Waals surface area contributed by atoms with Crippen LogP contribution in [-0.4, -0.2) is 15.1 Å². The van der Waals surface area contributed by atoms with E-state index >= 15 is 0 Å². The molecule has 0 saturated carbocycles. The van der Waals surface area contributed by atoms with Crippen LogP contribution in [0.4, 0.5) is 0 Å². The minimum absolute atomic E-state index is 0.00945. The van der Waals surface area contributed by atoms with E-state index in [0.29, 0.717) is 10.6 Å². The highest BCUT2D eigenvalue weighted by Crippen LogP contribution is 2.34. The summed E-state index contributed by atoms with van der Waals surface area (Å²) in [5.41, 5.74) is 0.618. The third-order valence-corrected chi connectivity index (χ3v) is 4.39. The van der Waals surface area contributed by atoms with Gasteiger partial charge in [0.1, 0.15) is 5.82 Å². The summed E-state index contributed by atoms with van der Waals surface area (Å²) in [6, 6.07) is 5.28. The SMILES string of the molecule is CC(=O)c1ccc(Sc2nc(C)ns2)c(Cl)c1. The van der Waals surface area contributed by atoms with Crippen LogP contribution in [0.1, 0.15) is 23.1 Å². The minimum atomic E-state index is 0.00945. The Morgan fingerprint density at radius 3 is 2.76 bits per heavy atom. The first-order valence-corrected chi connectivity index (χ1v) is 6.81. The van der Waals surface area contributed by atoms with E-state index in [1.54, 1.807) is 12.1 Å². The molecule has 0 fully saturated rings. The van der Waals surface area contributed by atoms with E-state index in [9.17, 15) is 4.79 Å². The summed E-state index contributed by atoms with van der Waals surface area (Å²) in [6.07, 6.45) is 0. The number of hydrogen-bond acceptors (Lipinski definition) is 5. The molecule has 88 valence electrons. The summed E-state index contributed by atoms with van der Waals surface area (Å²) in [5, 5.41) is 0.565. The minimum Gasteiger partial charge on any atom is -0.295 e. The van der Waals surface area contributed by atoms with Crippen LogP contribution in [0.15, 0.2) is 27.4 Å². The van der Waals surface area contributed by atoms with Crippen molar-refractivity contribution in [3.63, 3.8) is 0 Å². The quantitative estimate of drug-likeness (QED) is 0.803. The maximum Gasteiger partial charge on any atom is 0.174 e. The summed E-state index contributed by atoms with van der Waals surface area (Å²) in [4.78, 5) is 16.3. The zero-order chi connectivity index (χ0) is 12.4. The molecule has 1 aromatic heterocycles. The maximum atomic E-state index is 11.2. The molecule has 0 aliphatic carbocycles. The van der Waals surface area contributed by atoms with Gasteiger partial charge in [0.25, 0.3) is 0 Å². The van der Waals surface area contributed by atoms with Gasteiger partial charge >= 0.3 is 0 Å². The third-order valence-electron chi connectivity index (χ3n) is 2.04. The fourth-order valence-electron chi connectivity index (χ4n) is 1.22. The Labute approximate surface area is 112 Å². The van der Waals surface area contributed by atoms with Crippen LogP contribution in [0.3, 0.4) is 0 Å². The summed E-state index contributed by atoms with van der Waals surface area (Å²) in [5.74, 6) is 0.768. The molecule has 2 rings (SSSR count). The maximum absolute atomic E-state index is 11.2. The molecular formula is C11H9ClN2OS2. The predicted octanol–water partition coefficient (Wildman–Crippen LogP) is 3.85. The summed E-state index contributed by atoms with van der Waals surface area (Å²) >= 11 is 8.91. The monoisotopic (exact) mass is 284 g/mol. The van der Waals surface area contributed by atoms with Gasteiger partial charge in [0, 0.05) is 10.5 Å². The van der Waals surface area contributed by atoms with Gasteiger partial charge in [-0.1, -0.05) is 29.4 Å². The van der Waals surface area contributed by atoms with Gasteiger partial charge in [0.05, 0.1) is 5.02 Å². The van der Waals surface area contributed by atoms with E-state index in [1.807, 2.05) is 13.0 Å². The molecule has 2 aromatic rings. The van der Waals surface area contributed by atoms with Crippen LogP contribution in [0.2, 0.25) is 5.02 Å². The summed E-state index contributed by atoms with van der Waals surface area (Å²) in [6.45, 7) is 3.37. The Morgan fingerprint density at radius 2 is 2.24 bits per heavy atom. The molecule has 17 heavy (non-hydrogen) atoms.